The van der Waals surface area contributed by atoms with Crippen molar-refractivity contribution in [2.75, 3.05) is 24.2 Å². The number of para-hydroxylation sites is 1. The topological polar surface area (TPSA) is 15.3 Å². The molecule has 3 rings (SSSR count). The fraction of sp³-hybridized carbons (Fsp3) is 0.368. The number of halogens is 1. The summed E-state index contributed by atoms with van der Waals surface area (Å²) in [5, 5.41) is 3.62. The molecule has 1 atom stereocenters. The van der Waals surface area contributed by atoms with Crippen molar-refractivity contribution in [2.45, 2.75) is 30.3 Å². The molecule has 0 aromatic heterocycles. The number of benzene rings is 2. The van der Waals surface area contributed by atoms with E-state index in [2.05, 4.69) is 40.5 Å². The van der Waals surface area contributed by atoms with Gasteiger partial charge in [-0.3, -0.25) is 0 Å². The third-order valence-corrected chi connectivity index (χ3v) is 5.20. The van der Waals surface area contributed by atoms with E-state index in [0.717, 1.165) is 30.1 Å². The average Bonchev–Trinajstić information content (AvgIpc) is 2.61. The van der Waals surface area contributed by atoms with E-state index in [9.17, 15) is 4.39 Å². The second kappa shape index (κ2) is 7.84. The fourth-order valence-corrected chi connectivity index (χ4v) is 3.75. The van der Waals surface area contributed by atoms with Gasteiger partial charge in [-0.25, -0.2) is 4.39 Å². The van der Waals surface area contributed by atoms with Gasteiger partial charge in [0, 0.05) is 36.3 Å². The minimum Gasteiger partial charge on any atom is -0.370 e. The Balaban J connectivity index is 1.61. The predicted molar refractivity (Wildman–Crippen MR) is 96.7 cm³/mol. The number of nitrogens with zero attached hydrogens (tertiary/aromatic N) is 1. The number of piperidine rings is 1. The summed E-state index contributed by atoms with van der Waals surface area (Å²) in [4.78, 5) is 3.58. The molecule has 122 valence electrons. The van der Waals surface area contributed by atoms with Gasteiger partial charge < -0.3 is 10.2 Å². The van der Waals surface area contributed by atoms with Crippen LogP contribution in [0.3, 0.4) is 0 Å². The van der Waals surface area contributed by atoms with Crippen LogP contribution in [0.4, 0.5) is 10.1 Å². The van der Waals surface area contributed by atoms with E-state index in [0.29, 0.717) is 6.04 Å². The van der Waals surface area contributed by atoms with Crippen LogP contribution in [0.25, 0.3) is 0 Å². The molecule has 0 saturated carbocycles. The first-order chi connectivity index (χ1) is 11.3. The Morgan fingerprint density at radius 2 is 2.04 bits per heavy atom. The van der Waals surface area contributed by atoms with Crippen molar-refractivity contribution in [3.63, 3.8) is 0 Å². The first-order valence-electron chi connectivity index (χ1n) is 8.12. The number of rotatable bonds is 5. The molecule has 0 bridgehead atoms. The zero-order valence-corrected chi connectivity index (χ0v) is 14.3. The molecule has 2 aromatic carbocycles. The van der Waals surface area contributed by atoms with Crippen LogP contribution < -0.4 is 10.2 Å². The lowest BCUT2D eigenvalue weighted by molar-refractivity contribution is 0.420. The van der Waals surface area contributed by atoms with E-state index < -0.39 is 0 Å². The van der Waals surface area contributed by atoms with Gasteiger partial charge >= 0.3 is 0 Å². The standard InChI is InChI=1S/C19H23FN2S/c1-23-19-10-9-16(20)12-15(19)13-21-17-6-5-11-22(14-17)18-7-3-2-4-8-18/h2-4,7-10,12,17,21H,5-6,11,13-14H2,1H3. The number of anilines is 1. The highest BCUT2D eigenvalue weighted by molar-refractivity contribution is 7.98. The van der Waals surface area contributed by atoms with Gasteiger partial charge in [0.05, 0.1) is 0 Å². The van der Waals surface area contributed by atoms with Gasteiger partial charge in [0.1, 0.15) is 5.82 Å². The second-order valence-corrected chi connectivity index (χ2v) is 6.81. The fourth-order valence-electron chi connectivity index (χ4n) is 3.16. The lowest BCUT2D eigenvalue weighted by atomic mass is 10.0. The minimum atomic E-state index is -0.158. The SMILES string of the molecule is CSc1ccc(F)cc1CNC1CCCN(c2ccccc2)C1. The Morgan fingerprint density at radius 1 is 1.22 bits per heavy atom. The first-order valence-corrected chi connectivity index (χ1v) is 9.34. The van der Waals surface area contributed by atoms with Crippen LogP contribution in [-0.2, 0) is 6.54 Å². The maximum absolute atomic E-state index is 13.5. The van der Waals surface area contributed by atoms with E-state index in [1.54, 1.807) is 17.8 Å². The van der Waals surface area contributed by atoms with Gasteiger partial charge in [0.2, 0.25) is 0 Å². The van der Waals surface area contributed by atoms with E-state index in [1.165, 1.54) is 24.6 Å². The van der Waals surface area contributed by atoms with Crippen LogP contribution >= 0.6 is 11.8 Å². The smallest absolute Gasteiger partial charge is 0.123 e. The van der Waals surface area contributed by atoms with Crippen molar-refractivity contribution >= 4 is 17.4 Å². The van der Waals surface area contributed by atoms with Crippen LogP contribution in [0.5, 0.6) is 0 Å². The Morgan fingerprint density at radius 3 is 2.83 bits per heavy atom. The highest BCUT2D eigenvalue weighted by Crippen LogP contribution is 2.23. The number of hydrogen-bond donors (Lipinski definition) is 1. The highest BCUT2D eigenvalue weighted by Gasteiger charge is 2.19. The van der Waals surface area contributed by atoms with Crippen LogP contribution in [-0.4, -0.2) is 25.4 Å². The van der Waals surface area contributed by atoms with Gasteiger partial charge in [-0.15, -0.1) is 11.8 Å². The zero-order chi connectivity index (χ0) is 16.1. The summed E-state index contributed by atoms with van der Waals surface area (Å²) in [7, 11) is 0. The van der Waals surface area contributed by atoms with Crippen molar-refractivity contribution in [1.29, 1.82) is 0 Å². The van der Waals surface area contributed by atoms with Gasteiger partial charge in [-0.1, -0.05) is 18.2 Å². The Kier molecular flexibility index (Phi) is 5.57. The highest BCUT2D eigenvalue weighted by atomic mass is 32.2. The molecule has 4 heteroatoms. The van der Waals surface area contributed by atoms with E-state index in [4.69, 9.17) is 0 Å². The van der Waals surface area contributed by atoms with Crippen molar-refractivity contribution in [3.8, 4) is 0 Å². The van der Waals surface area contributed by atoms with Crippen molar-refractivity contribution in [3.05, 3.63) is 59.9 Å². The van der Waals surface area contributed by atoms with E-state index >= 15 is 0 Å². The molecule has 1 aliphatic heterocycles. The quantitative estimate of drug-likeness (QED) is 0.823. The molecule has 0 radical (unpaired) electrons. The van der Waals surface area contributed by atoms with Gasteiger partial charge in [-0.05, 0) is 55.0 Å². The third kappa shape index (κ3) is 4.27. The second-order valence-electron chi connectivity index (χ2n) is 5.96. The molecule has 1 saturated heterocycles. The van der Waals surface area contributed by atoms with Crippen LogP contribution in [0.1, 0.15) is 18.4 Å². The molecule has 2 aromatic rings. The van der Waals surface area contributed by atoms with Crippen molar-refractivity contribution in [1.82, 2.24) is 5.32 Å². The summed E-state index contributed by atoms with van der Waals surface area (Å²) in [5.74, 6) is -0.158. The summed E-state index contributed by atoms with van der Waals surface area (Å²) in [6.07, 6.45) is 4.40. The van der Waals surface area contributed by atoms with Gasteiger partial charge in [0.25, 0.3) is 0 Å². The number of nitrogens with one attached hydrogen (secondary N) is 1. The molecule has 1 aliphatic rings. The molecule has 0 aliphatic carbocycles. The maximum atomic E-state index is 13.5. The molecular weight excluding hydrogens is 307 g/mol. The molecule has 1 unspecified atom stereocenters. The van der Waals surface area contributed by atoms with Gasteiger partial charge in [-0.2, -0.15) is 0 Å². The molecular formula is C19H23FN2S. The first kappa shape index (κ1) is 16.3. The van der Waals surface area contributed by atoms with Crippen LogP contribution in [0.2, 0.25) is 0 Å². The molecule has 0 spiro atoms. The Labute approximate surface area is 142 Å². The monoisotopic (exact) mass is 330 g/mol. The van der Waals surface area contributed by atoms with Crippen LogP contribution in [0, 0.1) is 5.82 Å². The van der Waals surface area contributed by atoms with Crippen molar-refractivity contribution < 1.29 is 4.39 Å². The summed E-state index contributed by atoms with van der Waals surface area (Å²) in [5.41, 5.74) is 2.34. The Hall–Kier alpha value is -1.52. The molecule has 2 nitrogen and oxygen atoms in total. The summed E-state index contributed by atoms with van der Waals surface area (Å²) in [6.45, 7) is 2.84. The van der Waals surface area contributed by atoms with Gasteiger partial charge in [0.15, 0.2) is 0 Å². The number of thioether (sulfide) groups is 1. The summed E-state index contributed by atoms with van der Waals surface area (Å²) >= 11 is 1.67. The average molecular weight is 330 g/mol. The lowest BCUT2D eigenvalue weighted by Crippen LogP contribution is -2.45. The maximum Gasteiger partial charge on any atom is 0.123 e. The zero-order valence-electron chi connectivity index (χ0n) is 13.5. The van der Waals surface area contributed by atoms with E-state index in [1.807, 2.05) is 12.3 Å². The predicted octanol–water partition coefficient (Wildman–Crippen LogP) is 4.31. The largest absolute Gasteiger partial charge is 0.370 e. The normalized spacial score (nSPS) is 18.2. The minimum absolute atomic E-state index is 0.158. The van der Waals surface area contributed by atoms with Crippen LogP contribution in [0.15, 0.2) is 53.4 Å². The molecule has 1 heterocycles. The summed E-state index contributed by atoms with van der Waals surface area (Å²) < 4.78 is 13.5. The van der Waals surface area contributed by atoms with Crippen molar-refractivity contribution in [2.24, 2.45) is 0 Å². The number of hydrogen-bond acceptors (Lipinski definition) is 3. The third-order valence-electron chi connectivity index (χ3n) is 4.37. The molecule has 23 heavy (non-hydrogen) atoms. The Bertz CT molecular complexity index is 633. The molecule has 0 amide bonds. The van der Waals surface area contributed by atoms with E-state index in [-0.39, 0.29) is 5.82 Å². The molecule has 1 fully saturated rings. The summed E-state index contributed by atoms with van der Waals surface area (Å²) in [6, 6.07) is 16.1. The lowest BCUT2D eigenvalue weighted by Gasteiger charge is -2.35. The molecule has 1 N–H and O–H groups in total.